The summed E-state index contributed by atoms with van der Waals surface area (Å²) in [5, 5.41) is 11.4. The quantitative estimate of drug-likeness (QED) is 0.256. The van der Waals surface area contributed by atoms with Crippen LogP contribution in [-0.4, -0.2) is 66.5 Å². The fraction of sp³-hybridized carbons (Fsp3) is 0.357. The number of carbonyl (C=O) groups is 2. The van der Waals surface area contributed by atoms with Gasteiger partial charge in [-0.25, -0.2) is 0 Å². The van der Waals surface area contributed by atoms with Gasteiger partial charge in [0.15, 0.2) is 0 Å². The van der Waals surface area contributed by atoms with Crippen LogP contribution in [0.1, 0.15) is 36.1 Å². The van der Waals surface area contributed by atoms with Gasteiger partial charge in [-0.2, -0.15) is 0 Å². The Morgan fingerprint density at radius 3 is 2.80 bits per heavy atom. The van der Waals surface area contributed by atoms with Crippen LogP contribution in [0.15, 0.2) is 60.7 Å². The van der Waals surface area contributed by atoms with Gasteiger partial charge >= 0.3 is 0 Å². The summed E-state index contributed by atoms with van der Waals surface area (Å²) in [6.07, 6.45) is 3.12. The van der Waals surface area contributed by atoms with E-state index in [2.05, 4.69) is 6.58 Å². The van der Waals surface area contributed by atoms with E-state index in [0.29, 0.717) is 36.4 Å². The van der Waals surface area contributed by atoms with Crippen molar-refractivity contribution >= 4 is 17.4 Å². The summed E-state index contributed by atoms with van der Waals surface area (Å²) < 4.78 is 11.5. The number of likely N-dealkylation sites (tertiary alicyclic amines) is 1. The summed E-state index contributed by atoms with van der Waals surface area (Å²) in [6, 6.07) is 12.0. The van der Waals surface area contributed by atoms with Gasteiger partial charge in [0.1, 0.15) is 30.0 Å². The molecule has 2 aromatic carbocycles. The molecule has 2 aromatic rings. The first-order valence-electron chi connectivity index (χ1n) is 11.9. The van der Waals surface area contributed by atoms with Gasteiger partial charge in [-0.3, -0.25) is 9.59 Å². The highest BCUT2D eigenvalue weighted by Gasteiger charge is 2.46. The van der Waals surface area contributed by atoms with Crippen LogP contribution in [-0.2, 0) is 16.0 Å². The van der Waals surface area contributed by atoms with E-state index in [1.54, 1.807) is 23.1 Å². The molecule has 0 saturated carbocycles. The van der Waals surface area contributed by atoms with Crippen LogP contribution >= 0.6 is 0 Å². The third kappa shape index (κ3) is 5.10. The summed E-state index contributed by atoms with van der Waals surface area (Å²) in [5.74, 6) is -0.0827. The summed E-state index contributed by atoms with van der Waals surface area (Å²) in [4.78, 5) is 30.0. The molecule has 7 heteroatoms. The van der Waals surface area contributed by atoms with E-state index in [9.17, 15) is 14.7 Å². The zero-order valence-corrected chi connectivity index (χ0v) is 20.5. The van der Waals surface area contributed by atoms with Crippen LogP contribution in [0.4, 0.5) is 0 Å². The largest absolute Gasteiger partial charge is 0.507 e. The number of Topliss-reactive ketones (excluding diaryl/α,β-unsaturated/α-hetero) is 1. The Kier molecular flexibility index (Phi) is 7.26. The number of carbonyl (C=O) groups excluding carboxylic acids is 2. The maximum absolute atomic E-state index is 13.3. The van der Waals surface area contributed by atoms with E-state index in [0.717, 1.165) is 24.3 Å². The SMILES string of the molecule is C=CCOc1cccc([C@H]2C(=C(O)c3ccc4c(c3)C[C@H](C)O4)C(=O)C(=O)N2CCCN(C)C)c1. The number of benzene rings is 2. The first-order valence-corrected chi connectivity index (χ1v) is 11.9. The first-order chi connectivity index (χ1) is 16.8. The lowest BCUT2D eigenvalue weighted by Gasteiger charge is -2.26. The standard InChI is InChI=1S/C28H32N2O5/c1-5-14-34-22-9-6-8-19(17-22)25-24(27(32)28(33)30(25)13-7-12-29(3)4)26(31)20-10-11-23-21(16-20)15-18(2)35-23/h5-6,8-11,16-18,25,31H,1,7,12-15H2,2-4H3/t18-,25-/m0/s1. The molecule has 0 bridgehead atoms. The molecule has 0 aliphatic carbocycles. The molecule has 0 spiro atoms. The Morgan fingerprint density at radius 2 is 2.06 bits per heavy atom. The molecule has 4 rings (SSSR count). The average Bonchev–Trinajstić information content (AvgIpc) is 3.33. The molecule has 0 unspecified atom stereocenters. The fourth-order valence-electron chi connectivity index (χ4n) is 4.67. The van der Waals surface area contributed by atoms with Crippen molar-refractivity contribution in [3.63, 3.8) is 0 Å². The van der Waals surface area contributed by atoms with Gasteiger partial charge in [-0.15, -0.1) is 0 Å². The molecular formula is C28H32N2O5. The lowest BCUT2D eigenvalue weighted by Crippen LogP contribution is -2.32. The number of hydrogen-bond donors (Lipinski definition) is 1. The molecule has 184 valence electrons. The molecule has 1 fully saturated rings. The zero-order chi connectivity index (χ0) is 25.1. The van der Waals surface area contributed by atoms with Crippen LogP contribution in [0.25, 0.3) is 5.76 Å². The van der Waals surface area contributed by atoms with Gasteiger partial charge in [0.25, 0.3) is 11.7 Å². The van der Waals surface area contributed by atoms with Gasteiger partial charge in [-0.05, 0) is 75.4 Å². The Balaban J connectivity index is 1.78. The van der Waals surface area contributed by atoms with Crippen LogP contribution in [0.2, 0.25) is 0 Å². The maximum atomic E-state index is 13.3. The number of hydrogen-bond acceptors (Lipinski definition) is 6. The first kappa shape index (κ1) is 24.5. The second-order valence-electron chi connectivity index (χ2n) is 9.28. The number of nitrogens with zero attached hydrogens (tertiary/aromatic N) is 2. The molecule has 1 N–H and O–H groups in total. The van der Waals surface area contributed by atoms with Gasteiger partial charge in [0.2, 0.25) is 0 Å². The van der Waals surface area contributed by atoms with Crippen LogP contribution in [0.5, 0.6) is 11.5 Å². The normalized spacial score (nSPS) is 20.7. The van der Waals surface area contributed by atoms with Gasteiger partial charge in [-0.1, -0.05) is 24.8 Å². The predicted octanol–water partition coefficient (Wildman–Crippen LogP) is 3.95. The monoisotopic (exact) mass is 476 g/mol. The Hall–Kier alpha value is -3.58. The lowest BCUT2D eigenvalue weighted by molar-refractivity contribution is -0.139. The predicted molar refractivity (Wildman–Crippen MR) is 135 cm³/mol. The molecular weight excluding hydrogens is 444 g/mol. The number of rotatable bonds is 9. The van der Waals surface area contributed by atoms with Gasteiger partial charge in [0.05, 0.1) is 11.6 Å². The van der Waals surface area contributed by atoms with Gasteiger partial charge in [0, 0.05) is 18.5 Å². The molecule has 1 saturated heterocycles. The van der Waals surface area contributed by atoms with Crippen molar-refractivity contribution in [3.8, 4) is 11.5 Å². The summed E-state index contributed by atoms with van der Waals surface area (Å²) >= 11 is 0. The van der Waals surface area contributed by atoms with E-state index in [1.807, 2.05) is 56.3 Å². The summed E-state index contributed by atoms with van der Waals surface area (Å²) in [5.41, 5.74) is 2.26. The molecule has 2 aliphatic heterocycles. The van der Waals surface area contributed by atoms with Crippen molar-refractivity contribution in [2.24, 2.45) is 0 Å². The number of fused-ring (bicyclic) bond motifs is 1. The van der Waals surface area contributed by atoms with Crippen molar-refractivity contribution in [1.29, 1.82) is 0 Å². The van der Waals surface area contributed by atoms with Crippen molar-refractivity contribution in [1.82, 2.24) is 9.80 Å². The molecule has 2 atom stereocenters. The molecule has 2 heterocycles. The van der Waals surface area contributed by atoms with E-state index >= 15 is 0 Å². The second kappa shape index (κ2) is 10.4. The average molecular weight is 477 g/mol. The highest BCUT2D eigenvalue weighted by Crippen LogP contribution is 2.41. The van der Waals surface area contributed by atoms with Crippen molar-refractivity contribution in [3.05, 3.63) is 77.4 Å². The summed E-state index contributed by atoms with van der Waals surface area (Å²) in [7, 11) is 3.93. The van der Waals surface area contributed by atoms with Crippen molar-refractivity contribution in [2.45, 2.75) is 31.9 Å². The highest BCUT2D eigenvalue weighted by molar-refractivity contribution is 6.46. The molecule has 1 amide bonds. The Morgan fingerprint density at radius 1 is 1.26 bits per heavy atom. The highest BCUT2D eigenvalue weighted by atomic mass is 16.5. The fourth-order valence-corrected chi connectivity index (χ4v) is 4.67. The van der Waals surface area contributed by atoms with Crippen molar-refractivity contribution in [2.75, 3.05) is 33.8 Å². The van der Waals surface area contributed by atoms with Crippen LogP contribution < -0.4 is 9.47 Å². The minimum atomic E-state index is -0.715. The zero-order valence-electron chi connectivity index (χ0n) is 20.5. The van der Waals surface area contributed by atoms with Crippen LogP contribution in [0.3, 0.4) is 0 Å². The molecule has 0 aromatic heterocycles. The number of amides is 1. The molecule has 2 aliphatic rings. The molecule has 35 heavy (non-hydrogen) atoms. The third-order valence-corrected chi connectivity index (χ3v) is 6.26. The minimum absolute atomic E-state index is 0.0583. The summed E-state index contributed by atoms with van der Waals surface area (Å²) in [6.45, 7) is 7.15. The smallest absolute Gasteiger partial charge is 0.295 e. The Bertz CT molecular complexity index is 1170. The number of aliphatic hydroxyl groups is 1. The Labute approximate surface area is 206 Å². The minimum Gasteiger partial charge on any atom is -0.507 e. The third-order valence-electron chi connectivity index (χ3n) is 6.26. The number of ketones is 1. The second-order valence-corrected chi connectivity index (χ2v) is 9.28. The van der Waals surface area contributed by atoms with E-state index in [1.165, 1.54) is 0 Å². The number of aliphatic hydroxyl groups excluding tert-OH is 1. The van der Waals surface area contributed by atoms with Gasteiger partial charge < -0.3 is 24.4 Å². The topological polar surface area (TPSA) is 79.3 Å². The van der Waals surface area contributed by atoms with E-state index in [-0.39, 0.29) is 17.4 Å². The van der Waals surface area contributed by atoms with E-state index < -0.39 is 17.7 Å². The van der Waals surface area contributed by atoms with Crippen molar-refractivity contribution < 1.29 is 24.2 Å². The van der Waals surface area contributed by atoms with E-state index in [4.69, 9.17) is 9.47 Å². The lowest BCUT2D eigenvalue weighted by atomic mass is 9.94. The maximum Gasteiger partial charge on any atom is 0.295 e. The van der Waals surface area contributed by atoms with Crippen LogP contribution in [0, 0.1) is 0 Å². The molecule has 7 nitrogen and oxygen atoms in total. The number of ether oxygens (including phenoxy) is 2. The molecule has 0 radical (unpaired) electrons.